The zero-order chi connectivity index (χ0) is 22.2. The van der Waals surface area contributed by atoms with Gasteiger partial charge in [0.1, 0.15) is 17.6 Å². The molecule has 0 heterocycles. The minimum absolute atomic E-state index is 0.186. The first kappa shape index (κ1) is 22.0. The number of ether oxygens (including phenoxy) is 1. The Labute approximate surface area is 181 Å². The van der Waals surface area contributed by atoms with E-state index in [1.54, 1.807) is 19.2 Å². The van der Waals surface area contributed by atoms with Crippen LogP contribution in [0.4, 0.5) is 4.39 Å². The summed E-state index contributed by atoms with van der Waals surface area (Å²) >= 11 is 0. The molecule has 0 saturated carbocycles. The van der Waals surface area contributed by atoms with Crippen LogP contribution >= 0.6 is 0 Å². The lowest BCUT2D eigenvalue weighted by Gasteiger charge is -2.30. The van der Waals surface area contributed by atoms with E-state index in [-0.39, 0.29) is 24.2 Å². The minimum Gasteiger partial charge on any atom is -0.497 e. The molecule has 5 nitrogen and oxygen atoms in total. The zero-order valence-corrected chi connectivity index (χ0v) is 17.5. The summed E-state index contributed by atoms with van der Waals surface area (Å²) < 4.78 is 18.4. The van der Waals surface area contributed by atoms with Crippen molar-refractivity contribution in [3.63, 3.8) is 0 Å². The second-order valence-corrected chi connectivity index (χ2v) is 7.15. The Morgan fingerprint density at radius 3 is 2.13 bits per heavy atom. The van der Waals surface area contributed by atoms with Crippen molar-refractivity contribution in [1.29, 1.82) is 0 Å². The molecule has 0 aliphatic rings. The molecule has 0 aliphatic carbocycles. The average molecular weight is 420 g/mol. The molecule has 3 aromatic carbocycles. The van der Waals surface area contributed by atoms with Gasteiger partial charge in [-0.2, -0.15) is 0 Å². The predicted octanol–water partition coefficient (Wildman–Crippen LogP) is 4.24. The van der Waals surface area contributed by atoms with Crippen LogP contribution in [0.3, 0.4) is 0 Å². The molecule has 0 aromatic heterocycles. The highest BCUT2D eigenvalue weighted by Crippen LogP contribution is 2.24. The lowest BCUT2D eigenvalue weighted by Crippen LogP contribution is -2.42. The van der Waals surface area contributed by atoms with E-state index < -0.39 is 6.04 Å². The molecular weight excluding hydrogens is 395 g/mol. The lowest BCUT2D eigenvalue weighted by atomic mass is 10.0. The molecule has 2 amide bonds. The monoisotopic (exact) mass is 420 g/mol. The van der Waals surface area contributed by atoms with Crippen LogP contribution in [0.1, 0.15) is 29.7 Å². The van der Waals surface area contributed by atoms with Crippen LogP contribution in [-0.2, 0) is 22.7 Å². The standard InChI is InChI=1S/C25H25FN2O3/c1-18(29)28(17-20-8-12-22(26)13-9-20)24(21-6-4-3-5-7-21)25(30)27-16-19-10-14-23(31-2)15-11-19/h3-15,24H,16-17H2,1-2H3,(H,27,30)/t24-/m1/s1. The van der Waals surface area contributed by atoms with Crippen molar-refractivity contribution in [1.82, 2.24) is 10.2 Å². The molecule has 0 bridgehead atoms. The quantitative estimate of drug-likeness (QED) is 0.593. The molecule has 0 fully saturated rings. The van der Waals surface area contributed by atoms with Crippen LogP contribution in [0.25, 0.3) is 0 Å². The fourth-order valence-electron chi connectivity index (χ4n) is 3.31. The van der Waals surface area contributed by atoms with Gasteiger partial charge in [0.05, 0.1) is 7.11 Å². The van der Waals surface area contributed by atoms with Gasteiger partial charge in [-0.05, 0) is 41.0 Å². The summed E-state index contributed by atoms with van der Waals surface area (Å²) in [5, 5.41) is 2.93. The number of carbonyl (C=O) groups excluding carboxylic acids is 2. The summed E-state index contributed by atoms with van der Waals surface area (Å²) in [6, 6.07) is 21.6. The molecule has 0 radical (unpaired) electrons. The van der Waals surface area contributed by atoms with Crippen LogP contribution in [0, 0.1) is 5.82 Å². The second kappa shape index (κ2) is 10.4. The zero-order valence-electron chi connectivity index (χ0n) is 17.5. The number of hydrogen-bond acceptors (Lipinski definition) is 3. The van der Waals surface area contributed by atoms with Gasteiger partial charge in [-0.1, -0.05) is 54.6 Å². The van der Waals surface area contributed by atoms with Gasteiger partial charge in [-0.3, -0.25) is 9.59 Å². The summed E-state index contributed by atoms with van der Waals surface area (Å²) in [6.45, 7) is 1.93. The highest BCUT2D eigenvalue weighted by Gasteiger charge is 2.29. The summed E-state index contributed by atoms with van der Waals surface area (Å²) in [7, 11) is 1.60. The molecule has 0 aliphatic heterocycles. The Kier molecular flexibility index (Phi) is 7.38. The summed E-state index contributed by atoms with van der Waals surface area (Å²) in [5.74, 6) is -0.161. The molecule has 31 heavy (non-hydrogen) atoms. The van der Waals surface area contributed by atoms with E-state index in [1.165, 1.54) is 24.0 Å². The third-order valence-corrected chi connectivity index (χ3v) is 4.97. The minimum atomic E-state index is -0.818. The molecule has 3 rings (SSSR count). The maximum Gasteiger partial charge on any atom is 0.247 e. The largest absolute Gasteiger partial charge is 0.497 e. The van der Waals surface area contributed by atoms with Crippen molar-refractivity contribution in [2.75, 3.05) is 7.11 Å². The van der Waals surface area contributed by atoms with Crippen LogP contribution in [-0.4, -0.2) is 23.8 Å². The number of hydrogen-bond donors (Lipinski definition) is 1. The van der Waals surface area contributed by atoms with Gasteiger partial charge in [0.2, 0.25) is 11.8 Å². The van der Waals surface area contributed by atoms with Gasteiger partial charge in [-0.25, -0.2) is 4.39 Å². The summed E-state index contributed by atoms with van der Waals surface area (Å²) in [6.07, 6.45) is 0. The SMILES string of the molecule is COc1ccc(CNC(=O)[C@@H](c2ccccc2)N(Cc2ccc(F)cc2)C(C)=O)cc1. The van der Waals surface area contributed by atoms with Gasteiger partial charge in [0.15, 0.2) is 0 Å². The summed E-state index contributed by atoms with van der Waals surface area (Å²) in [4.78, 5) is 27.3. The van der Waals surface area contributed by atoms with Gasteiger partial charge < -0.3 is 15.0 Å². The number of nitrogens with one attached hydrogen (secondary N) is 1. The Balaban J connectivity index is 1.83. The van der Waals surface area contributed by atoms with E-state index in [4.69, 9.17) is 4.74 Å². The van der Waals surface area contributed by atoms with Crippen LogP contribution < -0.4 is 10.1 Å². The Bertz CT molecular complexity index is 1010. The third-order valence-electron chi connectivity index (χ3n) is 4.97. The van der Waals surface area contributed by atoms with Crippen molar-refractivity contribution in [3.8, 4) is 5.75 Å². The second-order valence-electron chi connectivity index (χ2n) is 7.15. The Morgan fingerprint density at radius 2 is 1.55 bits per heavy atom. The van der Waals surface area contributed by atoms with E-state index in [9.17, 15) is 14.0 Å². The molecule has 160 valence electrons. The molecule has 3 aromatic rings. The van der Waals surface area contributed by atoms with E-state index in [1.807, 2.05) is 54.6 Å². The number of amides is 2. The van der Waals surface area contributed by atoms with Gasteiger partial charge in [-0.15, -0.1) is 0 Å². The normalized spacial score (nSPS) is 11.5. The number of rotatable bonds is 8. The van der Waals surface area contributed by atoms with Crippen molar-refractivity contribution in [3.05, 3.63) is 101 Å². The smallest absolute Gasteiger partial charge is 0.247 e. The number of nitrogens with zero attached hydrogens (tertiary/aromatic N) is 1. The van der Waals surface area contributed by atoms with Crippen molar-refractivity contribution in [2.45, 2.75) is 26.1 Å². The van der Waals surface area contributed by atoms with Crippen molar-refractivity contribution >= 4 is 11.8 Å². The molecule has 0 saturated heterocycles. The molecule has 0 spiro atoms. The number of carbonyl (C=O) groups is 2. The fraction of sp³-hybridized carbons (Fsp3) is 0.200. The average Bonchev–Trinajstić information content (AvgIpc) is 2.79. The molecule has 6 heteroatoms. The summed E-state index contributed by atoms with van der Waals surface area (Å²) in [5.41, 5.74) is 2.35. The topological polar surface area (TPSA) is 58.6 Å². The first-order valence-corrected chi connectivity index (χ1v) is 9.95. The molecule has 1 atom stereocenters. The lowest BCUT2D eigenvalue weighted by molar-refractivity contribution is -0.140. The van der Waals surface area contributed by atoms with Gasteiger partial charge >= 0.3 is 0 Å². The maximum atomic E-state index is 13.3. The Hall–Kier alpha value is -3.67. The van der Waals surface area contributed by atoms with Crippen molar-refractivity contribution in [2.24, 2.45) is 0 Å². The van der Waals surface area contributed by atoms with E-state index in [0.29, 0.717) is 12.1 Å². The van der Waals surface area contributed by atoms with Gasteiger partial charge in [0, 0.05) is 20.0 Å². The maximum absolute atomic E-state index is 13.3. The van der Waals surface area contributed by atoms with Crippen LogP contribution in [0.5, 0.6) is 5.75 Å². The first-order valence-electron chi connectivity index (χ1n) is 9.95. The van der Waals surface area contributed by atoms with E-state index in [2.05, 4.69) is 5.32 Å². The van der Waals surface area contributed by atoms with Crippen LogP contribution in [0.15, 0.2) is 78.9 Å². The van der Waals surface area contributed by atoms with E-state index in [0.717, 1.165) is 16.9 Å². The van der Waals surface area contributed by atoms with Gasteiger partial charge in [0.25, 0.3) is 0 Å². The van der Waals surface area contributed by atoms with Crippen molar-refractivity contribution < 1.29 is 18.7 Å². The molecular formula is C25H25FN2O3. The Morgan fingerprint density at radius 1 is 0.935 bits per heavy atom. The fourth-order valence-corrected chi connectivity index (χ4v) is 3.31. The number of halogens is 1. The third kappa shape index (κ3) is 5.92. The van der Waals surface area contributed by atoms with E-state index >= 15 is 0 Å². The first-order chi connectivity index (χ1) is 15.0. The highest BCUT2D eigenvalue weighted by molar-refractivity contribution is 5.88. The van der Waals surface area contributed by atoms with Crippen LogP contribution in [0.2, 0.25) is 0 Å². The predicted molar refractivity (Wildman–Crippen MR) is 117 cm³/mol. The molecule has 0 unspecified atom stereocenters. The number of methoxy groups -OCH3 is 1. The highest BCUT2D eigenvalue weighted by atomic mass is 19.1. The number of benzene rings is 3. The molecule has 1 N–H and O–H groups in total.